The van der Waals surface area contributed by atoms with Gasteiger partial charge in [-0.2, -0.15) is 0 Å². The lowest BCUT2D eigenvalue weighted by atomic mass is 10.1. The van der Waals surface area contributed by atoms with Crippen molar-refractivity contribution in [2.24, 2.45) is 0 Å². The Labute approximate surface area is 131 Å². The van der Waals surface area contributed by atoms with Gasteiger partial charge in [0.1, 0.15) is 0 Å². The van der Waals surface area contributed by atoms with Crippen LogP contribution in [0.3, 0.4) is 0 Å². The van der Waals surface area contributed by atoms with E-state index in [9.17, 15) is 4.79 Å². The molecule has 0 heterocycles. The summed E-state index contributed by atoms with van der Waals surface area (Å²) in [6.07, 6.45) is 23.8. The van der Waals surface area contributed by atoms with Gasteiger partial charge in [0, 0.05) is 6.42 Å². The molecule has 0 atom stereocenters. The predicted octanol–water partition coefficient (Wildman–Crippen LogP) is 6.27. The number of aliphatic carboxylic acids is 1. The molecule has 2 heteroatoms. The quantitative estimate of drug-likeness (QED) is 0.285. The molecule has 0 aromatic heterocycles. The van der Waals surface area contributed by atoms with Crippen molar-refractivity contribution in [1.82, 2.24) is 0 Å². The van der Waals surface area contributed by atoms with Gasteiger partial charge in [-0.05, 0) is 38.5 Å². The molecule has 21 heavy (non-hydrogen) atoms. The lowest BCUT2D eigenvalue weighted by Gasteiger charge is -1.98. The lowest BCUT2D eigenvalue weighted by Crippen LogP contribution is -1.92. The monoisotopic (exact) mass is 294 g/mol. The summed E-state index contributed by atoms with van der Waals surface area (Å²) in [4.78, 5) is 10.3. The Morgan fingerprint density at radius 2 is 1.19 bits per heavy atom. The molecule has 0 spiro atoms. The second-order valence-electron chi connectivity index (χ2n) is 5.72. The van der Waals surface area contributed by atoms with Crippen LogP contribution in [0.2, 0.25) is 0 Å². The van der Waals surface area contributed by atoms with E-state index in [1.54, 1.807) is 0 Å². The standard InChI is InChI=1S/C19H34O2/c1-2-3-4-5-6-7-8-9-10-11-12-13-14-15-16-17-18-19(20)21/h10-11,14-15H,2-9,12-13,16-18H2,1H3,(H,20,21)/b11-10+,15-14+. The van der Waals surface area contributed by atoms with Crippen LogP contribution in [0.4, 0.5) is 0 Å². The summed E-state index contributed by atoms with van der Waals surface area (Å²) in [5.41, 5.74) is 0. The average Bonchev–Trinajstić information content (AvgIpc) is 2.46. The van der Waals surface area contributed by atoms with Crippen LogP contribution >= 0.6 is 0 Å². The van der Waals surface area contributed by atoms with Crippen LogP contribution in [-0.2, 0) is 4.79 Å². The van der Waals surface area contributed by atoms with Crippen LogP contribution in [-0.4, -0.2) is 11.1 Å². The number of carboxylic acid groups (broad SMARTS) is 1. The number of hydrogen-bond acceptors (Lipinski definition) is 1. The van der Waals surface area contributed by atoms with E-state index in [1.807, 2.05) is 0 Å². The Bertz CT molecular complexity index is 279. The number of carboxylic acids is 1. The van der Waals surface area contributed by atoms with Gasteiger partial charge in [-0.25, -0.2) is 0 Å². The zero-order chi connectivity index (χ0) is 15.6. The van der Waals surface area contributed by atoms with Crippen LogP contribution in [0.15, 0.2) is 24.3 Å². The molecule has 0 unspecified atom stereocenters. The van der Waals surface area contributed by atoms with Gasteiger partial charge in [-0.15, -0.1) is 0 Å². The molecular formula is C19H34O2. The smallest absolute Gasteiger partial charge is 0.303 e. The lowest BCUT2D eigenvalue weighted by molar-refractivity contribution is -0.137. The molecule has 122 valence electrons. The molecule has 0 amide bonds. The summed E-state index contributed by atoms with van der Waals surface area (Å²) >= 11 is 0. The molecule has 0 fully saturated rings. The SMILES string of the molecule is CCCCCCCCC/C=C/CC/C=C/CCCC(=O)O. The third kappa shape index (κ3) is 18.9. The number of unbranched alkanes of at least 4 members (excludes halogenated alkanes) is 9. The fourth-order valence-electron chi connectivity index (χ4n) is 2.25. The maximum absolute atomic E-state index is 10.3. The first-order chi connectivity index (χ1) is 10.3. The van der Waals surface area contributed by atoms with E-state index in [-0.39, 0.29) is 6.42 Å². The molecule has 0 rings (SSSR count). The van der Waals surface area contributed by atoms with Crippen LogP contribution < -0.4 is 0 Å². The van der Waals surface area contributed by atoms with Crippen molar-refractivity contribution in [2.75, 3.05) is 0 Å². The third-order valence-electron chi connectivity index (χ3n) is 3.57. The van der Waals surface area contributed by atoms with Crippen molar-refractivity contribution in [3.05, 3.63) is 24.3 Å². The highest BCUT2D eigenvalue weighted by atomic mass is 16.4. The Morgan fingerprint density at radius 3 is 1.76 bits per heavy atom. The first-order valence-electron chi connectivity index (χ1n) is 8.79. The van der Waals surface area contributed by atoms with E-state index < -0.39 is 5.97 Å². The van der Waals surface area contributed by atoms with Crippen molar-refractivity contribution < 1.29 is 9.90 Å². The summed E-state index contributed by atoms with van der Waals surface area (Å²) in [7, 11) is 0. The first kappa shape index (κ1) is 19.9. The van der Waals surface area contributed by atoms with Crippen molar-refractivity contribution in [3.63, 3.8) is 0 Å². The summed E-state index contributed by atoms with van der Waals surface area (Å²) in [6, 6.07) is 0. The fourth-order valence-corrected chi connectivity index (χ4v) is 2.25. The van der Waals surface area contributed by atoms with Crippen LogP contribution in [0.5, 0.6) is 0 Å². The minimum atomic E-state index is -0.698. The zero-order valence-electron chi connectivity index (χ0n) is 13.9. The summed E-state index contributed by atoms with van der Waals surface area (Å²) in [6.45, 7) is 2.26. The van der Waals surface area contributed by atoms with Crippen LogP contribution in [0.25, 0.3) is 0 Å². The largest absolute Gasteiger partial charge is 0.481 e. The zero-order valence-corrected chi connectivity index (χ0v) is 13.9. The molecule has 2 nitrogen and oxygen atoms in total. The van der Waals surface area contributed by atoms with E-state index >= 15 is 0 Å². The molecular weight excluding hydrogens is 260 g/mol. The molecule has 0 radical (unpaired) electrons. The van der Waals surface area contributed by atoms with Gasteiger partial charge in [0.05, 0.1) is 0 Å². The topological polar surface area (TPSA) is 37.3 Å². The fraction of sp³-hybridized carbons (Fsp3) is 0.737. The van der Waals surface area contributed by atoms with E-state index in [0.717, 1.165) is 25.7 Å². The molecule has 0 aliphatic rings. The molecule has 0 aliphatic carbocycles. The molecule has 0 saturated carbocycles. The van der Waals surface area contributed by atoms with Gasteiger partial charge < -0.3 is 5.11 Å². The number of carbonyl (C=O) groups is 1. The van der Waals surface area contributed by atoms with Crippen molar-refractivity contribution in [1.29, 1.82) is 0 Å². The maximum atomic E-state index is 10.3. The predicted molar refractivity (Wildman–Crippen MR) is 91.6 cm³/mol. The minimum absolute atomic E-state index is 0.280. The number of allylic oxidation sites excluding steroid dienone is 4. The van der Waals surface area contributed by atoms with Gasteiger partial charge in [0.2, 0.25) is 0 Å². The Balaban J connectivity index is 3.18. The van der Waals surface area contributed by atoms with Crippen molar-refractivity contribution >= 4 is 5.97 Å². The van der Waals surface area contributed by atoms with Crippen LogP contribution in [0, 0.1) is 0 Å². The molecule has 0 aromatic rings. The minimum Gasteiger partial charge on any atom is -0.481 e. The molecule has 0 aliphatic heterocycles. The van der Waals surface area contributed by atoms with Gasteiger partial charge in [0.15, 0.2) is 0 Å². The molecule has 0 bridgehead atoms. The van der Waals surface area contributed by atoms with Gasteiger partial charge in [0.25, 0.3) is 0 Å². The van der Waals surface area contributed by atoms with E-state index in [0.29, 0.717) is 0 Å². The summed E-state index contributed by atoms with van der Waals surface area (Å²) in [5.74, 6) is -0.698. The van der Waals surface area contributed by atoms with Gasteiger partial charge >= 0.3 is 5.97 Å². The maximum Gasteiger partial charge on any atom is 0.303 e. The number of rotatable bonds is 15. The first-order valence-corrected chi connectivity index (χ1v) is 8.79. The Morgan fingerprint density at radius 1 is 0.714 bits per heavy atom. The second kappa shape index (κ2) is 17.0. The average molecular weight is 294 g/mol. The summed E-state index contributed by atoms with van der Waals surface area (Å²) < 4.78 is 0. The van der Waals surface area contributed by atoms with Gasteiger partial charge in [-0.3, -0.25) is 4.79 Å². The third-order valence-corrected chi connectivity index (χ3v) is 3.57. The Hall–Kier alpha value is -1.05. The van der Waals surface area contributed by atoms with E-state index in [2.05, 4.69) is 31.2 Å². The van der Waals surface area contributed by atoms with E-state index in [4.69, 9.17) is 5.11 Å². The molecule has 0 saturated heterocycles. The second-order valence-corrected chi connectivity index (χ2v) is 5.72. The highest BCUT2D eigenvalue weighted by molar-refractivity contribution is 5.66. The van der Waals surface area contributed by atoms with Crippen LogP contribution in [0.1, 0.15) is 90.4 Å². The Kier molecular flexibility index (Phi) is 16.2. The number of hydrogen-bond donors (Lipinski definition) is 1. The van der Waals surface area contributed by atoms with Crippen molar-refractivity contribution in [2.45, 2.75) is 90.4 Å². The van der Waals surface area contributed by atoms with Crippen molar-refractivity contribution in [3.8, 4) is 0 Å². The van der Waals surface area contributed by atoms with E-state index in [1.165, 1.54) is 51.4 Å². The molecule has 1 N–H and O–H groups in total. The van der Waals surface area contributed by atoms with Gasteiger partial charge in [-0.1, -0.05) is 69.8 Å². The molecule has 0 aromatic carbocycles. The summed E-state index contributed by atoms with van der Waals surface area (Å²) in [5, 5.41) is 8.50. The highest BCUT2D eigenvalue weighted by Gasteiger charge is 1.93. The highest BCUT2D eigenvalue weighted by Crippen LogP contribution is 2.09. The normalized spacial score (nSPS) is 11.7.